The summed E-state index contributed by atoms with van der Waals surface area (Å²) >= 11 is 0. The van der Waals surface area contributed by atoms with Gasteiger partial charge in [-0.2, -0.15) is 0 Å². The minimum atomic E-state index is -0.884. The first kappa shape index (κ1) is 13.2. The van der Waals surface area contributed by atoms with Crippen LogP contribution in [0.25, 0.3) is 0 Å². The van der Waals surface area contributed by atoms with Gasteiger partial charge in [0.05, 0.1) is 0 Å². The van der Waals surface area contributed by atoms with Crippen LogP contribution in [-0.2, 0) is 9.59 Å². The number of aryl methyl sites for hydroxylation is 1. The third kappa shape index (κ3) is 5.10. The first-order chi connectivity index (χ1) is 7.97. The van der Waals surface area contributed by atoms with Crippen molar-refractivity contribution in [2.75, 3.05) is 5.32 Å². The van der Waals surface area contributed by atoms with Gasteiger partial charge < -0.3 is 10.4 Å². The first-order valence-corrected chi connectivity index (χ1v) is 5.41. The number of rotatable bonds is 5. The number of hydrogen-bond donors (Lipinski definition) is 2. The molecule has 1 heterocycles. The van der Waals surface area contributed by atoms with Gasteiger partial charge in [0.15, 0.2) is 0 Å². The number of aromatic nitrogens is 1. The molecule has 0 radical (unpaired) electrons. The van der Waals surface area contributed by atoms with Crippen LogP contribution in [0.2, 0.25) is 0 Å². The summed E-state index contributed by atoms with van der Waals surface area (Å²) in [4.78, 5) is 26.1. The SMILES string of the molecule is Cc1cc(NC(=O)CC(C)CC(=O)O)ccn1. The van der Waals surface area contributed by atoms with Crippen LogP contribution in [-0.4, -0.2) is 22.0 Å². The molecule has 2 N–H and O–H groups in total. The molecule has 1 unspecified atom stereocenters. The molecule has 1 aromatic rings. The van der Waals surface area contributed by atoms with Crippen molar-refractivity contribution in [3.8, 4) is 0 Å². The molecule has 5 nitrogen and oxygen atoms in total. The Kier molecular flexibility index (Phi) is 4.63. The van der Waals surface area contributed by atoms with Gasteiger partial charge in [-0.05, 0) is 25.0 Å². The quantitative estimate of drug-likeness (QED) is 0.817. The van der Waals surface area contributed by atoms with Gasteiger partial charge in [-0.1, -0.05) is 6.92 Å². The average Bonchev–Trinajstić information content (AvgIpc) is 2.14. The van der Waals surface area contributed by atoms with E-state index in [0.29, 0.717) is 5.69 Å². The van der Waals surface area contributed by atoms with E-state index in [1.807, 2.05) is 6.92 Å². The van der Waals surface area contributed by atoms with Crippen molar-refractivity contribution in [2.45, 2.75) is 26.7 Å². The maximum Gasteiger partial charge on any atom is 0.303 e. The molecule has 92 valence electrons. The monoisotopic (exact) mass is 236 g/mol. The molecule has 1 atom stereocenters. The number of anilines is 1. The molecule has 0 bridgehead atoms. The molecular formula is C12H16N2O3. The largest absolute Gasteiger partial charge is 0.481 e. The summed E-state index contributed by atoms with van der Waals surface area (Å²) in [6.07, 6.45) is 1.82. The molecule has 0 saturated carbocycles. The van der Waals surface area contributed by atoms with Crippen molar-refractivity contribution in [3.63, 3.8) is 0 Å². The normalized spacial score (nSPS) is 11.9. The van der Waals surface area contributed by atoms with E-state index in [-0.39, 0.29) is 24.7 Å². The maximum absolute atomic E-state index is 11.6. The first-order valence-electron chi connectivity index (χ1n) is 5.41. The van der Waals surface area contributed by atoms with E-state index in [4.69, 9.17) is 5.11 Å². The number of nitrogens with one attached hydrogen (secondary N) is 1. The Morgan fingerprint density at radius 1 is 1.47 bits per heavy atom. The number of carbonyl (C=O) groups is 2. The highest BCUT2D eigenvalue weighted by atomic mass is 16.4. The smallest absolute Gasteiger partial charge is 0.303 e. The van der Waals surface area contributed by atoms with Gasteiger partial charge in [-0.3, -0.25) is 14.6 Å². The van der Waals surface area contributed by atoms with Crippen molar-refractivity contribution >= 4 is 17.6 Å². The van der Waals surface area contributed by atoms with Gasteiger partial charge in [-0.25, -0.2) is 0 Å². The van der Waals surface area contributed by atoms with Crippen LogP contribution in [0, 0.1) is 12.8 Å². The molecule has 0 aliphatic rings. The zero-order valence-corrected chi connectivity index (χ0v) is 9.93. The number of aliphatic carboxylic acids is 1. The van der Waals surface area contributed by atoms with Crippen LogP contribution in [0.15, 0.2) is 18.3 Å². The van der Waals surface area contributed by atoms with Crippen molar-refractivity contribution < 1.29 is 14.7 Å². The summed E-state index contributed by atoms with van der Waals surface area (Å²) in [6, 6.07) is 3.46. The number of carboxylic acids is 1. The number of nitrogens with zero attached hydrogens (tertiary/aromatic N) is 1. The zero-order valence-electron chi connectivity index (χ0n) is 9.93. The Labute approximate surface area is 99.9 Å². The van der Waals surface area contributed by atoms with E-state index in [9.17, 15) is 9.59 Å². The zero-order chi connectivity index (χ0) is 12.8. The minimum Gasteiger partial charge on any atom is -0.481 e. The summed E-state index contributed by atoms with van der Waals surface area (Å²) in [5, 5.41) is 11.3. The van der Waals surface area contributed by atoms with Crippen LogP contribution in [0.3, 0.4) is 0 Å². The van der Waals surface area contributed by atoms with Crippen LogP contribution in [0.5, 0.6) is 0 Å². The van der Waals surface area contributed by atoms with Crippen LogP contribution in [0.4, 0.5) is 5.69 Å². The van der Waals surface area contributed by atoms with E-state index < -0.39 is 5.97 Å². The highest BCUT2D eigenvalue weighted by Gasteiger charge is 2.12. The summed E-state index contributed by atoms with van der Waals surface area (Å²) in [6.45, 7) is 3.58. The Bertz CT molecular complexity index is 418. The van der Waals surface area contributed by atoms with Gasteiger partial charge in [0.2, 0.25) is 5.91 Å². The molecule has 0 saturated heterocycles. The molecule has 1 amide bonds. The number of hydrogen-bond acceptors (Lipinski definition) is 3. The lowest BCUT2D eigenvalue weighted by molar-refractivity contribution is -0.138. The highest BCUT2D eigenvalue weighted by Crippen LogP contribution is 2.11. The summed E-state index contributed by atoms with van der Waals surface area (Å²) in [5.74, 6) is -1.23. The molecule has 0 aliphatic heterocycles. The van der Waals surface area contributed by atoms with E-state index in [0.717, 1.165) is 5.69 Å². The van der Waals surface area contributed by atoms with Gasteiger partial charge in [-0.15, -0.1) is 0 Å². The Morgan fingerprint density at radius 3 is 2.76 bits per heavy atom. The van der Waals surface area contributed by atoms with Gasteiger partial charge in [0.1, 0.15) is 0 Å². The average molecular weight is 236 g/mol. The second-order valence-corrected chi connectivity index (χ2v) is 4.14. The van der Waals surface area contributed by atoms with E-state index in [1.54, 1.807) is 25.3 Å². The van der Waals surface area contributed by atoms with Gasteiger partial charge >= 0.3 is 5.97 Å². The van der Waals surface area contributed by atoms with Crippen LogP contribution < -0.4 is 5.32 Å². The molecule has 17 heavy (non-hydrogen) atoms. The van der Waals surface area contributed by atoms with E-state index >= 15 is 0 Å². The summed E-state index contributed by atoms with van der Waals surface area (Å²) < 4.78 is 0. The van der Waals surface area contributed by atoms with Gasteiger partial charge in [0.25, 0.3) is 0 Å². The topological polar surface area (TPSA) is 79.3 Å². The van der Waals surface area contributed by atoms with Crippen molar-refractivity contribution in [1.29, 1.82) is 0 Å². The lowest BCUT2D eigenvalue weighted by Gasteiger charge is -2.09. The standard InChI is InChI=1S/C12H16N2O3/c1-8(6-12(16)17)5-11(15)14-10-3-4-13-9(2)7-10/h3-4,7-8H,5-6H2,1-2H3,(H,16,17)(H,13,14,15). The number of carbonyl (C=O) groups excluding carboxylic acids is 1. The number of pyridine rings is 1. The lowest BCUT2D eigenvalue weighted by Crippen LogP contribution is -2.17. The predicted molar refractivity (Wildman–Crippen MR) is 63.6 cm³/mol. The second kappa shape index (κ2) is 5.98. The van der Waals surface area contributed by atoms with Crippen molar-refractivity contribution in [2.24, 2.45) is 5.92 Å². The molecule has 5 heteroatoms. The van der Waals surface area contributed by atoms with Crippen molar-refractivity contribution in [3.05, 3.63) is 24.0 Å². The molecule has 1 aromatic heterocycles. The lowest BCUT2D eigenvalue weighted by atomic mass is 10.0. The second-order valence-electron chi connectivity index (χ2n) is 4.14. The molecule has 0 spiro atoms. The fraction of sp³-hybridized carbons (Fsp3) is 0.417. The number of carboxylic acid groups (broad SMARTS) is 1. The Morgan fingerprint density at radius 2 is 2.18 bits per heavy atom. The molecule has 0 fully saturated rings. The molecular weight excluding hydrogens is 220 g/mol. The number of amides is 1. The van der Waals surface area contributed by atoms with E-state index in [2.05, 4.69) is 10.3 Å². The minimum absolute atomic E-state index is 0.00277. The van der Waals surface area contributed by atoms with Crippen molar-refractivity contribution in [1.82, 2.24) is 4.98 Å². The molecule has 0 aromatic carbocycles. The summed E-state index contributed by atoms with van der Waals surface area (Å²) in [7, 11) is 0. The van der Waals surface area contributed by atoms with Crippen LogP contribution >= 0.6 is 0 Å². The third-order valence-corrected chi connectivity index (χ3v) is 2.24. The Balaban J connectivity index is 2.47. The molecule has 0 aliphatic carbocycles. The Hall–Kier alpha value is -1.91. The fourth-order valence-electron chi connectivity index (χ4n) is 1.52. The highest BCUT2D eigenvalue weighted by molar-refractivity contribution is 5.91. The third-order valence-electron chi connectivity index (χ3n) is 2.24. The predicted octanol–water partition coefficient (Wildman–Crippen LogP) is 1.83. The molecule has 1 rings (SSSR count). The van der Waals surface area contributed by atoms with E-state index in [1.165, 1.54) is 0 Å². The summed E-state index contributed by atoms with van der Waals surface area (Å²) in [5.41, 5.74) is 1.51. The van der Waals surface area contributed by atoms with Crippen LogP contribution in [0.1, 0.15) is 25.5 Å². The fourth-order valence-corrected chi connectivity index (χ4v) is 1.52. The maximum atomic E-state index is 11.6. The van der Waals surface area contributed by atoms with Gasteiger partial charge in [0, 0.05) is 30.4 Å².